The molecule has 5 nitrogen and oxygen atoms in total. The molecule has 3 aliphatic rings. The van der Waals surface area contributed by atoms with E-state index in [4.69, 9.17) is 5.11 Å². The fourth-order valence-electron chi connectivity index (χ4n) is 4.41. The second-order valence-corrected chi connectivity index (χ2v) is 6.90. The van der Waals surface area contributed by atoms with Crippen LogP contribution in [0.1, 0.15) is 51.4 Å². The van der Waals surface area contributed by atoms with Crippen molar-refractivity contribution in [2.45, 2.75) is 57.4 Å². The lowest BCUT2D eigenvalue weighted by atomic mass is 9.77. The van der Waals surface area contributed by atoms with Crippen molar-refractivity contribution in [2.24, 2.45) is 5.41 Å². The lowest BCUT2D eigenvalue weighted by Crippen LogP contribution is -2.54. The van der Waals surface area contributed by atoms with Gasteiger partial charge in [-0.05, 0) is 32.1 Å². The summed E-state index contributed by atoms with van der Waals surface area (Å²) in [6, 6.07) is 0.422. The molecule has 21 heavy (non-hydrogen) atoms. The molecule has 1 spiro atoms. The number of aliphatic hydroxyl groups is 1. The van der Waals surface area contributed by atoms with Crippen LogP contribution in [-0.4, -0.2) is 59.0 Å². The van der Waals surface area contributed by atoms with Gasteiger partial charge in [0.1, 0.15) is 6.61 Å². The molecule has 3 rings (SSSR count). The van der Waals surface area contributed by atoms with Crippen molar-refractivity contribution in [1.82, 2.24) is 9.80 Å². The minimum absolute atomic E-state index is 0.241. The third-order valence-electron chi connectivity index (χ3n) is 5.63. The van der Waals surface area contributed by atoms with Gasteiger partial charge in [-0.15, -0.1) is 0 Å². The van der Waals surface area contributed by atoms with E-state index in [2.05, 4.69) is 4.90 Å². The maximum Gasteiger partial charge on any atom is 0.248 e. The topological polar surface area (TPSA) is 60.9 Å². The van der Waals surface area contributed by atoms with Crippen LogP contribution < -0.4 is 0 Å². The van der Waals surface area contributed by atoms with Gasteiger partial charge < -0.3 is 14.9 Å². The Bertz CT molecular complexity index is 420. The Morgan fingerprint density at radius 3 is 2.62 bits per heavy atom. The summed E-state index contributed by atoms with van der Waals surface area (Å²) < 4.78 is 0. The fraction of sp³-hybridized carbons (Fsp3) is 0.875. The molecule has 2 heterocycles. The van der Waals surface area contributed by atoms with Crippen LogP contribution in [0, 0.1) is 5.41 Å². The maximum absolute atomic E-state index is 13.0. The number of aliphatic hydroxyl groups excluding tert-OH is 1. The predicted molar refractivity (Wildman–Crippen MR) is 78.5 cm³/mol. The van der Waals surface area contributed by atoms with E-state index in [-0.39, 0.29) is 17.2 Å². The molecule has 2 aliphatic heterocycles. The van der Waals surface area contributed by atoms with E-state index >= 15 is 0 Å². The molecule has 0 aromatic carbocycles. The predicted octanol–water partition coefficient (Wildman–Crippen LogP) is 1.15. The highest BCUT2D eigenvalue weighted by molar-refractivity contribution is 5.86. The van der Waals surface area contributed by atoms with Gasteiger partial charge in [0.2, 0.25) is 11.8 Å². The highest BCUT2D eigenvalue weighted by atomic mass is 16.3. The summed E-state index contributed by atoms with van der Waals surface area (Å²) in [7, 11) is 0. The van der Waals surface area contributed by atoms with Crippen LogP contribution in [0.2, 0.25) is 0 Å². The molecule has 0 aromatic heterocycles. The van der Waals surface area contributed by atoms with Crippen molar-refractivity contribution < 1.29 is 14.7 Å². The van der Waals surface area contributed by atoms with Gasteiger partial charge in [0.15, 0.2) is 0 Å². The Kier molecular flexibility index (Phi) is 4.20. The molecule has 0 radical (unpaired) electrons. The number of amides is 2. The summed E-state index contributed by atoms with van der Waals surface area (Å²) >= 11 is 0. The number of rotatable bonds is 2. The normalized spacial score (nSPS) is 31.2. The SMILES string of the molecule is O=C(CO)N1CC[C@@]2(CCCN(C3CCCCC3)C2=O)C1. The Morgan fingerprint density at radius 2 is 1.90 bits per heavy atom. The largest absolute Gasteiger partial charge is 0.387 e. The van der Waals surface area contributed by atoms with E-state index in [0.29, 0.717) is 19.1 Å². The molecule has 2 saturated heterocycles. The third-order valence-corrected chi connectivity index (χ3v) is 5.63. The number of piperidine rings is 1. The second-order valence-electron chi connectivity index (χ2n) is 6.90. The molecular formula is C16H26N2O3. The molecule has 0 aromatic rings. The van der Waals surface area contributed by atoms with E-state index in [0.717, 1.165) is 38.6 Å². The molecule has 0 unspecified atom stereocenters. The number of hydrogen-bond acceptors (Lipinski definition) is 3. The standard InChI is InChI=1S/C16H26N2O3/c19-11-14(20)17-10-8-16(12-17)7-4-9-18(15(16)21)13-5-2-1-3-6-13/h13,19H,1-12H2/t16-/m0/s1. The van der Waals surface area contributed by atoms with Crippen LogP contribution in [0.15, 0.2) is 0 Å². The van der Waals surface area contributed by atoms with E-state index in [1.54, 1.807) is 4.90 Å². The molecule has 3 fully saturated rings. The molecule has 1 aliphatic carbocycles. The van der Waals surface area contributed by atoms with E-state index in [1.165, 1.54) is 19.3 Å². The monoisotopic (exact) mass is 294 g/mol. The zero-order chi connectivity index (χ0) is 14.9. The number of likely N-dealkylation sites (tertiary alicyclic amines) is 2. The molecule has 0 bridgehead atoms. The summed E-state index contributed by atoms with van der Waals surface area (Å²) in [4.78, 5) is 28.5. The zero-order valence-electron chi connectivity index (χ0n) is 12.7. The van der Waals surface area contributed by atoms with Gasteiger partial charge in [0.05, 0.1) is 5.41 Å². The first-order valence-electron chi connectivity index (χ1n) is 8.36. The Labute approximate surface area is 126 Å². The van der Waals surface area contributed by atoms with Gasteiger partial charge in [-0.3, -0.25) is 9.59 Å². The smallest absolute Gasteiger partial charge is 0.248 e. The second kappa shape index (κ2) is 5.95. The highest BCUT2D eigenvalue weighted by Gasteiger charge is 2.50. The first kappa shape index (κ1) is 14.8. The quantitative estimate of drug-likeness (QED) is 0.831. The van der Waals surface area contributed by atoms with E-state index < -0.39 is 6.61 Å². The number of nitrogens with zero attached hydrogens (tertiary/aromatic N) is 2. The first-order valence-corrected chi connectivity index (χ1v) is 8.36. The average molecular weight is 294 g/mol. The van der Waals surface area contributed by atoms with Crippen molar-refractivity contribution in [3.8, 4) is 0 Å². The number of hydrogen-bond donors (Lipinski definition) is 1. The summed E-state index contributed by atoms with van der Waals surface area (Å²) in [5.41, 5.74) is -0.361. The minimum atomic E-state index is -0.448. The van der Waals surface area contributed by atoms with Gasteiger partial charge >= 0.3 is 0 Å². The highest BCUT2D eigenvalue weighted by Crippen LogP contribution is 2.41. The number of carbonyl (C=O) groups excluding carboxylic acids is 2. The Balaban J connectivity index is 1.71. The van der Waals surface area contributed by atoms with Crippen LogP contribution in [0.5, 0.6) is 0 Å². The molecule has 1 atom stereocenters. The van der Waals surface area contributed by atoms with Gasteiger partial charge in [-0.25, -0.2) is 0 Å². The van der Waals surface area contributed by atoms with Crippen molar-refractivity contribution in [3.05, 3.63) is 0 Å². The zero-order valence-corrected chi connectivity index (χ0v) is 12.7. The van der Waals surface area contributed by atoms with Crippen LogP contribution in [-0.2, 0) is 9.59 Å². The van der Waals surface area contributed by atoms with Crippen molar-refractivity contribution in [3.63, 3.8) is 0 Å². The average Bonchev–Trinajstić information content (AvgIpc) is 2.95. The lowest BCUT2D eigenvalue weighted by Gasteiger charge is -2.44. The molecule has 2 amide bonds. The molecule has 118 valence electrons. The first-order chi connectivity index (χ1) is 10.2. The minimum Gasteiger partial charge on any atom is -0.387 e. The third kappa shape index (κ3) is 2.68. The Hall–Kier alpha value is -1.10. The van der Waals surface area contributed by atoms with Gasteiger partial charge in [-0.2, -0.15) is 0 Å². The van der Waals surface area contributed by atoms with Crippen molar-refractivity contribution >= 4 is 11.8 Å². The summed E-state index contributed by atoms with van der Waals surface area (Å²) in [5, 5.41) is 9.02. The van der Waals surface area contributed by atoms with Gasteiger partial charge in [-0.1, -0.05) is 19.3 Å². The van der Waals surface area contributed by atoms with Crippen molar-refractivity contribution in [2.75, 3.05) is 26.2 Å². The summed E-state index contributed by atoms with van der Waals surface area (Å²) in [6.07, 6.45) is 8.74. The molecule has 1 saturated carbocycles. The number of carbonyl (C=O) groups is 2. The van der Waals surface area contributed by atoms with E-state index in [9.17, 15) is 9.59 Å². The van der Waals surface area contributed by atoms with Crippen molar-refractivity contribution in [1.29, 1.82) is 0 Å². The van der Waals surface area contributed by atoms with Gasteiger partial charge in [0.25, 0.3) is 0 Å². The summed E-state index contributed by atoms with van der Waals surface area (Å²) in [6.45, 7) is 1.56. The summed E-state index contributed by atoms with van der Waals surface area (Å²) in [5.74, 6) is 0.0309. The van der Waals surface area contributed by atoms with Crippen LogP contribution >= 0.6 is 0 Å². The van der Waals surface area contributed by atoms with E-state index in [1.807, 2.05) is 0 Å². The Morgan fingerprint density at radius 1 is 1.14 bits per heavy atom. The molecule has 5 heteroatoms. The van der Waals surface area contributed by atoms with Crippen LogP contribution in [0.3, 0.4) is 0 Å². The van der Waals surface area contributed by atoms with Gasteiger partial charge in [0, 0.05) is 25.7 Å². The fourth-order valence-corrected chi connectivity index (χ4v) is 4.41. The van der Waals surface area contributed by atoms with Crippen LogP contribution in [0.4, 0.5) is 0 Å². The maximum atomic E-state index is 13.0. The molecule has 1 N–H and O–H groups in total. The lowest BCUT2D eigenvalue weighted by molar-refractivity contribution is -0.149. The van der Waals surface area contributed by atoms with Crippen LogP contribution in [0.25, 0.3) is 0 Å². The molecular weight excluding hydrogens is 268 g/mol.